The molecule has 0 spiro atoms. The molecule has 3 aromatic carbocycles. The van der Waals surface area contributed by atoms with Crippen molar-refractivity contribution in [3.63, 3.8) is 0 Å². The van der Waals surface area contributed by atoms with Gasteiger partial charge in [-0.2, -0.15) is 5.10 Å². The Hall–Kier alpha value is -5.71. The van der Waals surface area contributed by atoms with E-state index in [1.165, 1.54) is 39.3 Å². The maximum absolute atomic E-state index is 15.0. The Kier molecular flexibility index (Phi) is 8.64. The Morgan fingerprint density at radius 2 is 1.92 bits per heavy atom. The van der Waals surface area contributed by atoms with Gasteiger partial charge in [0.05, 0.1) is 35.5 Å². The molecule has 0 radical (unpaired) electrons. The summed E-state index contributed by atoms with van der Waals surface area (Å²) in [5, 5.41) is 20.6. The van der Waals surface area contributed by atoms with Gasteiger partial charge in [-0.05, 0) is 42.8 Å². The first kappa shape index (κ1) is 33.4. The summed E-state index contributed by atoms with van der Waals surface area (Å²) in [6.07, 6.45) is 3.25. The normalized spacial score (nSPS) is 17.1. The Bertz CT molecular complexity index is 2340. The number of nitrogens with zero attached hydrogens (tertiary/aromatic N) is 7. The van der Waals surface area contributed by atoms with Gasteiger partial charge < -0.3 is 25.8 Å². The fourth-order valence-electron chi connectivity index (χ4n) is 7.04. The molecule has 0 bridgehead atoms. The van der Waals surface area contributed by atoms with Crippen molar-refractivity contribution in [2.45, 2.75) is 24.6 Å². The second kappa shape index (κ2) is 13.4. The zero-order valence-corrected chi connectivity index (χ0v) is 28.5. The number of nitrogens with two attached hydrogens (primary N) is 1. The number of hydrogen-bond acceptors (Lipinski definition) is 11. The molecule has 1 amide bonds. The number of anilines is 3. The van der Waals surface area contributed by atoms with Gasteiger partial charge in [0.1, 0.15) is 47.1 Å². The summed E-state index contributed by atoms with van der Waals surface area (Å²) in [4.78, 5) is 40.3. The molecule has 1 saturated heterocycles. The Morgan fingerprint density at radius 1 is 1.08 bits per heavy atom. The topological polar surface area (TPSA) is 157 Å². The number of carbonyl (C=O) groups is 1. The van der Waals surface area contributed by atoms with Gasteiger partial charge in [-0.1, -0.05) is 24.3 Å². The van der Waals surface area contributed by atoms with Gasteiger partial charge in [0.25, 0.3) is 11.5 Å². The first-order valence-corrected chi connectivity index (χ1v) is 17.5. The molecule has 1 unspecified atom stereocenters. The zero-order chi connectivity index (χ0) is 36.0. The third-order valence-electron chi connectivity index (χ3n) is 9.41. The fourth-order valence-corrected chi connectivity index (χ4v) is 7.95. The van der Waals surface area contributed by atoms with E-state index in [0.717, 1.165) is 23.5 Å². The zero-order valence-electron chi connectivity index (χ0n) is 27.7. The molecule has 0 saturated carbocycles. The molecule has 2 aliphatic heterocycles. The molecule has 13 nitrogen and oxygen atoms in total. The number of hydrogen-bond donors (Lipinski definition) is 3. The van der Waals surface area contributed by atoms with E-state index in [0.29, 0.717) is 54.4 Å². The highest BCUT2D eigenvalue weighted by atomic mass is 32.1. The number of aliphatic hydroxyl groups is 1. The standard InChI is InChI=1S/C36H33F2N9O4S/c37-22-6-8-27(28(38)14-22)36(50,19-45-21-40-20-41-45)18-44-11-10-23(16-44)42-33(48)26-17-52-34-31(26)47(35(49)32(39)43-34)25-7-9-30-29(15-25)46(12-13-51-30)24-4-2-1-3-5-24/h1-9,14-15,17,20-21,23,50H,10-13,16,18-19H2,(H2,39,43)(H,42,48)/t23-,36?/m0/s1. The lowest BCUT2D eigenvalue weighted by Crippen LogP contribution is -2.45. The van der Waals surface area contributed by atoms with Crippen molar-refractivity contribution >= 4 is 44.8 Å². The summed E-state index contributed by atoms with van der Waals surface area (Å²) in [7, 11) is 0. The van der Waals surface area contributed by atoms with Crippen LogP contribution in [0.4, 0.5) is 26.0 Å². The number of rotatable bonds is 9. The molecule has 6 aromatic rings. The van der Waals surface area contributed by atoms with Crippen LogP contribution in [0.3, 0.4) is 0 Å². The minimum atomic E-state index is -1.79. The average Bonchev–Trinajstić information content (AvgIpc) is 3.91. The molecule has 52 heavy (non-hydrogen) atoms. The molecule has 2 aliphatic rings. The number of fused-ring (bicyclic) bond motifs is 2. The van der Waals surface area contributed by atoms with Crippen molar-refractivity contribution in [1.82, 2.24) is 34.5 Å². The number of halogens is 2. The number of para-hydroxylation sites is 1. The van der Waals surface area contributed by atoms with E-state index in [-0.39, 0.29) is 36.1 Å². The van der Waals surface area contributed by atoms with Crippen molar-refractivity contribution in [3.8, 4) is 11.4 Å². The number of thiophene rings is 1. The largest absolute Gasteiger partial charge is 0.490 e. The lowest BCUT2D eigenvalue weighted by molar-refractivity contribution is -0.0167. The molecule has 2 atom stereocenters. The molecule has 1 fully saturated rings. The van der Waals surface area contributed by atoms with Crippen LogP contribution in [0.15, 0.2) is 89.6 Å². The maximum atomic E-state index is 15.0. The molecule has 16 heteroatoms. The number of ether oxygens (including phenoxy) is 1. The van der Waals surface area contributed by atoms with Crippen LogP contribution in [-0.2, 0) is 12.1 Å². The van der Waals surface area contributed by atoms with Crippen molar-refractivity contribution in [1.29, 1.82) is 0 Å². The molecule has 0 aliphatic carbocycles. The van der Waals surface area contributed by atoms with Crippen molar-refractivity contribution in [2.75, 3.05) is 43.4 Å². The molecular weight excluding hydrogens is 693 g/mol. The fraction of sp³-hybridized carbons (Fsp3) is 0.250. The Labute approximate surface area is 299 Å². The maximum Gasteiger partial charge on any atom is 0.298 e. The number of aromatic nitrogens is 5. The van der Waals surface area contributed by atoms with E-state index < -0.39 is 28.7 Å². The van der Waals surface area contributed by atoms with Crippen LogP contribution in [0.5, 0.6) is 5.75 Å². The van der Waals surface area contributed by atoms with Gasteiger partial charge in [0.15, 0.2) is 5.82 Å². The van der Waals surface area contributed by atoms with E-state index in [9.17, 15) is 19.1 Å². The smallest absolute Gasteiger partial charge is 0.298 e. The quantitative estimate of drug-likeness (QED) is 0.200. The molecular formula is C36H33F2N9O4S. The number of nitrogen functional groups attached to an aromatic ring is 1. The van der Waals surface area contributed by atoms with Crippen LogP contribution in [0.2, 0.25) is 0 Å². The molecule has 4 N–H and O–H groups in total. The highest BCUT2D eigenvalue weighted by Gasteiger charge is 2.38. The molecule has 8 rings (SSSR count). The van der Waals surface area contributed by atoms with Gasteiger partial charge in [-0.3, -0.25) is 19.1 Å². The van der Waals surface area contributed by atoms with Crippen molar-refractivity contribution in [3.05, 3.63) is 118 Å². The third-order valence-corrected chi connectivity index (χ3v) is 10.3. The second-order valence-corrected chi connectivity index (χ2v) is 13.7. The Morgan fingerprint density at radius 3 is 2.71 bits per heavy atom. The molecule has 3 aromatic heterocycles. The van der Waals surface area contributed by atoms with Crippen LogP contribution >= 0.6 is 11.3 Å². The second-order valence-electron chi connectivity index (χ2n) is 12.9. The summed E-state index contributed by atoms with van der Waals surface area (Å²) < 4.78 is 37.5. The first-order valence-electron chi connectivity index (χ1n) is 16.6. The highest BCUT2D eigenvalue weighted by molar-refractivity contribution is 7.17. The summed E-state index contributed by atoms with van der Waals surface area (Å²) in [5.41, 5.74) is 6.50. The lowest BCUT2D eigenvalue weighted by Gasteiger charge is -2.33. The number of benzene rings is 3. The van der Waals surface area contributed by atoms with Crippen molar-refractivity contribution < 1.29 is 23.4 Å². The van der Waals surface area contributed by atoms with Gasteiger partial charge in [-0.15, -0.1) is 11.3 Å². The summed E-state index contributed by atoms with van der Waals surface area (Å²) in [5.74, 6) is -1.58. The van der Waals surface area contributed by atoms with Crippen LogP contribution in [0.25, 0.3) is 16.0 Å². The number of β-amino-alcohol motifs (C(OH)–C–C–N with tert-alkyl or cyclic N) is 1. The SMILES string of the molecule is Nc1nc2scc(C(=O)N[C@H]3CCN(CC(O)(Cn4cncn4)c4ccc(F)cc4F)C3)c2n(-c2ccc3c(c2)N(c2ccccc2)CCO3)c1=O. The predicted molar refractivity (Wildman–Crippen MR) is 191 cm³/mol. The van der Waals surface area contributed by atoms with Gasteiger partial charge in [-0.25, -0.2) is 23.4 Å². The van der Waals surface area contributed by atoms with Gasteiger partial charge in [0, 0.05) is 48.4 Å². The monoisotopic (exact) mass is 725 g/mol. The minimum absolute atomic E-state index is 0.0199. The van der Waals surface area contributed by atoms with E-state index in [2.05, 4.69) is 25.3 Å². The summed E-state index contributed by atoms with van der Waals surface area (Å²) in [6.45, 7) is 1.77. The Balaban J connectivity index is 1.06. The van der Waals surface area contributed by atoms with Gasteiger partial charge >= 0.3 is 0 Å². The number of amides is 1. The van der Waals surface area contributed by atoms with E-state index in [1.54, 1.807) is 17.5 Å². The predicted octanol–water partition coefficient (Wildman–Crippen LogP) is 3.82. The number of carbonyl (C=O) groups excluding carboxylic acids is 1. The minimum Gasteiger partial charge on any atom is -0.490 e. The van der Waals surface area contributed by atoms with E-state index in [1.807, 2.05) is 41.3 Å². The summed E-state index contributed by atoms with van der Waals surface area (Å²) >= 11 is 1.20. The van der Waals surface area contributed by atoms with Crippen LogP contribution in [0.1, 0.15) is 22.3 Å². The van der Waals surface area contributed by atoms with Crippen LogP contribution in [0, 0.1) is 11.6 Å². The molecule has 266 valence electrons. The number of likely N-dealkylation sites (tertiary alicyclic amines) is 1. The van der Waals surface area contributed by atoms with Crippen molar-refractivity contribution in [2.24, 2.45) is 0 Å². The third kappa shape index (κ3) is 6.24. The average molecular weight is 726 g/mol. The molecule has 5 heterocycles. The first-order chi connectivity index (χ1) is 25.2. The number of nitrogens with one attached hydrogen (secondary N) is 1. The van der Waals surface area contributed by atoms with Crippen LogP contribution in [-0.4, -0.2) is 79.1 Å². The van der Waals surface area contributed by atoms with E-state index >= 15 is 4.39 Å². The highest BCUT2D eigenvalue weighted by Crippen LogP contribution is 2.39. The van der Waals surface area contributed by atoms with E-state index in [4.69, 9.17) is 10.5 Å². The lowest BCUT2D eigenvalue weighted by atomic mass is 9.92. The van der Waals surface area contributed by atoms with Gasteiger partial charge in [0.2, 0.25) is 0 Å². The summed E-state index contributed by atoms with van der Waals surface area (Å²) in [6, 6.07) is 18.0. The van der Waals surface area contributed by atoms with Crippen LogP contribution < -0.4 is 26.2 Å².